The van der Waals surface area contributed by atoms with Crippen LogP contribution in [-0.2, 0) is 14.3 Å². The number of carbonyl (C=O) groups excluding carboxylic acids is 1. The summed E-state index contributed by atoms with van der Waals surface area (Å²) in [6, 6.07) is 0. The van der Waals surface area contributed by atoms with E-state index in [1.165, 1.54) is 0 Å². The minimum absolute atomic E-state index is 0.188. The van der Waals surface area contributed by atoms with Gasteiger partial charge in [0.15, 0.2) is 12.1 Å². The minimum Gasteiger partial charge on any atom is -0.394 e. The molecule has 0 aromatic carbocycles. The van der Waals surface area contributed by atoms with Crippen LogP contribution in [0.5, 0.6) is 0 Å². The minimum atomic E-state index is -0.751. The van der Waals surface area contributed by atoms with Gasteiger partial charge in [0.05, 0.1) is 6.61 Å². The summed E-state index contributed by atoms with van der Waals surface area (Å²) in [6.45, 7) is 3.23. The summed E-state index contributed by atoms with van der Waals surface area (Å²) in [5.41, 5.74) is 0. The Morgan fingerprint density at radius 1 is 1.55 bits per heavy atom. The van der Waals surface area contributed by atoms with Crippen molar-refractivity contribution >= 4 is 6.29 Å². The van der Waals surface area contributed by atoms with E-state index in [-0.39, 0.29) is 6.61 Å². The zero-order valence-corrected chi connectivity index (χ0v) is 6.61. The maximum absolute atomic E-state index is 10.3. The van der Waals surface area contributed by atoms with Crippen molar-refractivity contribution in [2.45, 2.75) is 31.8 Å². The molecule has 0 radical (unpaired) electrons. The smallest absolute Gasteiger partial charge is 0.164 e. The summed E-state index contributed by atoms with van der Waals surface area (Å²) >= 11 is 0. The van der Waals surface area contributed by atoms with Crippen LogP contribution in [0.2, 0.25) is 0 Å². The number of rotatable bonds is 2. The molecule has 0 spiro atoms. The SMILES string of the molecule is CC1(C)OC(C=O)C(CO)O1. The molecule has 0 aliphatic carbocycles. The van der Waals surface area contributed by atoms with Gasteiger partial charge >= 0.3 is 0 Å². The number of aliphatic hydroxyl groups excluding tert-OH is 1. The number of hydrogen-bond acceptors (Lipinski definition) is 4. The van der Waals surface area contributed by atoms with Crippen molar-refractivity contribution in [1.82, 2.24) is 0 Å². The molecule has 1 aliphatic rings. The van der Waals surface area contributed by atoms with E-state index in [9.17, 15) is 4.79 Å². The number of carbonyl (C=O) groups is 1. The largest absolute Gasteiger partial charge is 0.394 e. The Labute approximate surface area is 65.1 Å². The molecule has 0 aromatic rings. The van der Waals surface area contributed by atoms with Crippen molar-refractivity contribution in [3.05, 3.63) is 0 Å². The van der Waals surface area contributed by atoms with E-state index >= 15 is 0 Å². The van der Waals surface area contributed by atoms with Crippen molar-refractivity contribution in [2.75, 3.05) is 6.61 Å². The average molecular weight is 160 g/mol. The fraction of sp³-hybridized carbons (Fsp3) is 0.857. The number of ether oxygens (including phenoxy) is 2. The van der Waals surface area contributed by atoms with E-state index in [1.807, 2.05) is 0 Å². The molecular weight excluding hydrogens is 148 g/mol. The standard InChI is InChI=1S/C7H12O4/c1-7(2)10-5(3-8)6(4-9)11-7/h3,5-6,9H,4H2,1-2H3. The lowest BCUT2D eigenvalue weighted by atomic mass is 10.2. The van der Waals surface area contributed by atoms with E-state index < -0.39 is 18.0 Å². The normalized spacial score (nSPS) is 35.5. The van der Waals surface area contributed by atoms with Gasteiger partial charge < -0.3 is 19.4 Å². The van der Waals surface area contributed by atoms with Gasteiger partial charge in [0.2, 0.25) is 0 Å². The van der Waals surface area contributed by atoms with Gasteiger partial charge in [0.25, 0.3) is 0 Å². The number of hydrogen-bond donors (Lipinski definition) is 1. The third kappa shape index (κ3) is 1.77. The number of aldehydes is 1. The zero-order valence-electron chi connectivity index (χ0n) is 6.61. The van der Waals surface area contributed by atoms with Crippen molar-refractivity contribution in [3.63, 3.8) is 0 Å². The van der Waals surface area contributed by atoms with Gasteiger partial charge in [-0.25, -0.2) is 0 Å². The van der Waals surface area contributed by atoms with Gasteiger partial charge in [-0.15, -0.1) is 0 Å². The summed E-state index contributed by atoms with van der Waals surface area (Å²) in [5, 5.41) is 8.74. The van der Waals surface area contributed by atoms with Crippen LogP contribution in [0, 0.1) is 0 Å². The van der Waals surface area contributed by atoms with Crippen molar-refractivity contribution < 1.29 is 19.4 Å². The highest BCUT2D eigenvalue weighted by Gasteiger charge is 2.40. The van der Waals surface area contributed by atoms with Crippen LogP contribution in [0.15, 0.2) is 0 Å². The molecule has 4 nitrogen and oxygen atoms in total. The van der Waals surface area contributed by atoms with E-state index in [2.05, 4.69) is 0 Å². The highest BCUT2D eigenvalue weighted by molar-refractivity contribution is 5.57. The molecule has 11 heavy (non-hydrogen) atoms. The molecule has 0 aromatic heterocycles. The van der Waals surface area contributed by atoms with Crippen molar-refractivity contribution in [2.24, 2.45) is 0 Å². The summed E-state index contributed by atoms with van der Waals surface area (Å²) in [5.74, 6) is -0.751. The van der Waals surface area contributed by atoms with E-state index in [1.54, 1.807) is 13.8 Å². The highest BCUT2D eigenvalue weighted by atomic mass is 16.8. The fourth-order valence-corrected chi connectivity index (χ4v) is 1.12. The maximum Gasteiger partial charge on any atom is 0.164 e. The van der Waals surface area contributed by atoms with Crippen LogP contribution in [0.3, 0.4) is 0 Å². The molecular formula is C7H12O4. The molecule has 4 heteroatoms. The molecule has 0 saturated carbocycles. The molecule has 0 bridgehead atoms. The molecule has 1 aliphatic heterocycles. The quantitative estimate of drug-likeness (QED) is 0.563. The first-order valence-electron chi connectivity index (χ1n) is 3.51. The van der Waals surface area contributed by atoms with Gasteiger partial charge in [-0.2, -0.15) is 0 Å². The van der Waals surface area contributed by atoms with Crippen molar-refractivity contribution in [1.29, 1.82) is 0 Å². The molecule has 0 amide bonds. The predicted octanol–water partition coefficient (Wildman–Crippen LogP) is -0.302. The summed E-state index contributed by atoms with van der Waals surface area (Å²) in [4.78, 5) is 10.3. The van der Waals surface area contributed by atoms with E-state index in [0.29, 0.717) is 6.29 Å². The Bertz CT molecular complexity index is 155. The van der Waals surface area contributed by atoms with E-state index in [0.717, 1.165) is 0 Å². The van der Waals surface area contributed by atoms with Crippen LogP contribution in [-0.4, -0.2) is 36.0 Å². The zero-order chi connectivity index (χ0) is 8.48. The summed E-state index contributed by atoms with van der Waals surface area (Å²) in [7, 11) is 0. The first-order valence-corrected chi connectivity index (χ1v) is 3.51. The second kappa shape index (κ2) is 2.89. The lowest BCUT2D eigenvalue weighted by Crippen LogP contribution is -2.27. The second-order valence-corrected chi connectivity index (χ2v) is 2.96. The van der Waals surface area contributed by atoms with Crippen molar-refractivity contribution in [3.8, 4) is 0 Å². The average Bonchev–Trinajstić information content (AvgIpc) is 2.25. The Balaban J connectivity index is 2.62. The van der Waals surface area contributed by atoms with Gasteiger partial charge in [-0.1, -0.05) is 0 Å². The predicted molar refractivity (Wildman–Crippen MR) is 37.0 cm³/mol. The van der Waals surface area contributed by atoms with Crippen LogP contribution < -0.4 is 0 Å². The first-order chi connectivity index (χ1) is 5.09. The molecule has 1 N–H and O–H groups in total. The molecule has 1 fully saturated rings. The van der Waals surface area contributed by atoms with Crippen LogP contribution >= 0.6 is 0 Å². The third-order valence-electron chi connectivity index (χ3n) is 1.54. The molecule has 2 unspecified atom stereocenters. The van der Waals surface area contributed by atoms with Gasteiger partial charge in [0.1, 0.15) is 12.2 Å². The van der Waals surface area contributed by atoms with Crippen LogP contribution in [0.25, 0.3) is 0 Å². The summed E-state index contributed by atoms with van der Waals surface area (Å²) in [6.07, 6.45) is -0.493. The Morgan fingerprint density at radius 2 is 2.18 bits per heavy atom. The highest BCUT2D eigenvalue weighted by Crippen LogP contribution is 2.26. The van der Waals surface area contributed by atoms with E-state index in [4.69, 9.17) is 14.6 Å². The van der Waals surface area contributed by atoms with Crippen LogP contribution in [0.1, 0.15) is 13.8 Å². The number of aliphatic hydroxyl groups is 1. The second-order valence-electron chi connectivity index (χ2n) is 2.96. The fourth-order valence-electron chi connectivity index (χ4n) is 1.12. The Hall–Kier alpha value is -0.450. The molecule has 64 valence electrons. The molecule has 1 rings (SSSR count). The topological polar surface area (TPSA) is 55.8 Å². The third-order valence-corrected chi connectivity index (χ3v) is 1.54. The van der Waals surface area contributed by atoms with Gasteiger partial charge in [-0.05, 0) is 13.8 Å². The van der Waals surface area contributed by atoms with Gasteiger partial charge in [0, 0.05) is 0 Å². The lowest BCUT2D eigenvalue weighted by Gasteiger charge is -2.15. The Kier molecular flexibility index (Phi) is 2.27. The van der Waals surface area contributed by atoms with Crippen LogP contribution in [0.4, 0.5) is 0 Å². The maximum atomic E-state index is 10.3. The van der Waals surface area contributed by atoms with Gasteiger partial charge in [-0.3, -0.25) is 0 Å². The molecule has 1 saturated heterocycles. The summed E-state index contributed by atoms with van der Waals surface area (Å²) < 4.78 is 10.3. The molecule has 2 atom stereocenters. The Morgan fingerprint density at radius 3 is 2.55 bits per heavy atom. The monoisotopic (exact) mass is 160 g/mol. The molecule has 1 heterocycles. The lowest BCUT2D eigenvalue weighted by molar-refractivity contribution is -0.152. The first kappa shape index (κ1) is 8.64.